The van der Waals surface area contributed by atoms with Crippen LogP contribution in [-0.2, 0) is 9.63 Å². The van der Waals surface area contributed by atoms with Gasteiger partial charge in [0.05, 0.1) is 34.1 Å². The van der Waals surface area contributed by atoms with E-state index in [2.05, 4.69) is 10.5 Å². The molecule has 3 aromatic rings. The summed E-state index contributed by atoms with van der Waals surface area (Å²) < 4.78 is 21.6. The van der Waals surface area contributed by atoms with Crippen LogP contribution in [0.4, 0.5) is 10.5 Å². The molecule has 36 heavy (non-hydrogen) atoms. The van der Waals surface area contributed by atoms with Crippen LogP contribution in [0.15, 0.2) is 47.2 Å². The summed E-state index contributed by atoms with van der Waals surface area (Å²) >= 11 is 0. The van der Waals surface area contributed by atoms with Gasteiger partial charge in [-0.1, -0.05) is 17.3 Å². The molecule has 1 aromatic heterocycles. The van der Waals surface area contributed by atoms with Crippen molar-refractivity contribution in [2.75, 3.05) is 40.0 Å². The second kappa shape index (κ2) is 13.2. The monoisotopic (exact) mass is 520 g/mol. The van der Waals surface area contributed by atoms with E-state index in [9.17, 15) is 9.59 Å². The van der Waals surface area contributed by atoms with Gasteiger partial charge in [0, 0.05) is 24.1 Å². The van der Waals surface area contributed by atoms with Crippen LogP contribution in [0.2, 0.25) is 0 Å². The zero-order valence-electron chi connectivity index (χ0n) is 20.4. The molecular weight excluding hydrogens is 492 g/mol. The molecule has 194 valence electrons. The lowest BCUT2D eigenvalue weighted by molar-refractivity contribution is -0.118. The number of ether oxygens (including phenoxy) is 3. The van der Waals surface area contributed by atoms with E-state index in [1.54, 1.807) is 30.3 Å². The van der Waals surface area contributed by atoms with Crippen molar-refractivity contribution in [3.8, 4) is 39.6 Å². The molecule has 0 saturated heterocycles. The molecule has 11 nitrogen and oxygen atoms in total. The Balaban J connectivity index is 0.00000456. The van der Waals surface area contributed by atoms with Gasteiger partial charge in [-0.05, 0) is 36.2 Å². The van der Waals surface area contributed by atoms with Gasteiger partial charge < -0.3 is 29.8 Å². The lowest BCUT2D eigenvalue weighted by atomic mass is 10.0. The second-order valence-electron chi connectivity index (χ2n) is 7.32. The zero-order valence-corrected chi connectivity index (χ0v) is 21.2. The molecule has 0 aliphatic rings. The number of hydroxylamine groups is 1. The Kier molecular flexibility index (Phi) is 10.4. The molecule has 2 aromatic carbocycles. The number of nitrogens with two attached hydrogens (primary N) is 1. The average molecular weight is 521 g/mol. The van der Waals surface area contributed by atoms with Gasteiger partial charge in [-0.15, -0.1) is 12.4 Å². The zero-order chi connectivity index (χ0) is 25.4. The molecule has 0 atom stereocenters. The van der Waals surface area contributed by atoms with Gasteiger partial charge in [0.2, 0.25) is 11.7 Å². The average Bonchev–Trinajstić information content (AvgIpc) is 3.36. The standard InChI is InChI=1S/C24H28N4O7.ClH/c1-31-19-12-16(13-20(32-2)23(19)33-3)22-18(14-35-27-22)15-7-5-8-17(11-15)28(34-4)24(30)26-10-6-9-21(25)29;/h5,7-8,11-14H,6,9-10H2,1-4H3,(H2,25,29)(H,26,30);1H. The van der Waals surface area contributed by atoms with E-state index in [1.165, 1.54) is 34.7 Å². The number of nitrogens with one attached hydrogen (secondary N) is 1. The van der Waals surface area contributed by atoms with Crippen molar-refractivity contribution in [2.45, 2.75) is 12.8 Å². The molecule has 0 bridgehead atoms. The molecule has 3 N–H and O–H groups in total. The third-order valence-corrected chi connectivity index (χ3v) is 5.14. The number of rotatable bonds is 11. The van der Waals surface area contributed by atoms with Crippen molar-refractivity contribution < 1.29 is 33.2 Å². The first-order valence-electron chi connectivity index (χ1n) is 10.7. The minimum absolute atomic E-state index is 0. The topological polar surface area (TPSA) is 138 Å². The third-order valence-electron chi connectivity index (χ3n) is 5.14. The van der Waals surface area contributed by atoms with E-state index >= 15 is 0 Å². The fourth-order valence-electron chi connectivity index (χ4n) is 3.50. The highest BCUT2D eigenvalue weighted by Crippen LogP contribution is 2.43. The van der Waals surface area contributed by atoms with E-state index in [1.807, 2.05) is 6.07 Å². The number of nitrogens with zero attached hydrogens (tertiary/aromatic N) is 2. The van der Waals surface area contributed by atoms with Gasteiger partial charge >= 0.3 is 6.03 Å². The van der Waals surface area contributed by atoms with E-state index in [0.29, 0.717) is 46.2 Å². The predicted octanol–water partition coefficient (Wildman–Crippen LogP) is 3.80. The molecule has 0 aliphatic carbocycles. The maximum atomic E-state index is 12.6. The number of benzene rings is 2. The Hall–Kier alpha value is -3.96. The van der Waals surface area contributed by atoms with Crippen LogP contribution in [0, 0.1) is 0 Å². The van der Waals surface area contributed by atoms with Gasteiger partial charge in [-0.2, -0.15) is 5.06 Å². The van der Waals surface area contributed by atoms with Crippen molar-refractivity contribution >= 4 is 30.0 Å². The maximum Gasteiger partial charge on any atom is 0.346 e. The van der Waals surface area contributed by atoms with E-state index in [0.717, 1.165) is 10.6 Å². The maximum absolute atomic E-state index is 12.6. The SMILES string of the molecule is COc1cc(-c2nocc2-c2cccc(N(OC)C(=O)NCCCC(N)=O)c2)cc(OC)c1OC.Cl. The van der Waals surface area contributed by atoms with Gasteiger partial charge in [0.1, 0.15) is 12.0 Å². The number of halogens is 1. The summed E-state index contributed by atoms with van der Waals surface area (Å²) in [7, 11) is 5.98. The van der Waals surface area contributed by atoms with Crippen LogP contribution >= 0.6 is 12.4 Å². The molecule has 0 unspecified atom stereocenters. The smallest absolute Gasteiger partial charge is 0.346 e. The van der Waals surface area contributed by atoms with E-state index in [-0.39, 0.29) is 25.4 Å². The van der Waals surface area contributed by atoms with E-state index < -0.39 is 11.9 Å². The van der Waals surface area contributed by atoms with Crippen molar-refractivity contribution in [3.63, 3.8) is 0 Å². The van der Waals surface area contributed by atoms with Crippen LogP contribution in [0.5, 0.6) is 17.2 Å². The van der Waals surface area contributed by atoms with Crippen LogP contribution in [0.25, 0.3) is 22.4 Å². The Morgan fingerprint density at radius 3 is 2.31 bits per heavy atom. The number of primary amides is 1. The number of carbonyl (C=O) groups is 2. The second-order valence-corrected chi connectivity index (χ2v) is 7.32. The Bertz CT molecular complexity index is 1160. The lowest BCUT2D eigenvalue weighted by Gasteiger charge is -2.20. The molecular formula is C24H29ClN4O7. The molecule has 0 saturated carbocycles. The van der Waals surface area contributed by atoms with Gasteiger partial charge in [0.25, 0.3) is 0 Å². The molecule has 3 rings (SSSR count). The normalized spacial score (nSPS) is 10.2. The minimum atomic E-state index is -0.482. The number of hydrogen-bond acceptors (Lipinski definition) is 8. The molecule has 0 radical (unpaired) electrons. The Morgan fingerprint density at radius 1 is 1.03 bits per heavy atom. The fraction of sp³-hybridized carbons (Fsp3) is 0.292. The summed E-state index contributed by atoms with van der Waals surface area (Å²) in [6, 6.07) is 10.2. The molecule has 0 fully saturated rings. The molecule has 1 heterocycles. The summed E-state index contributed by atoms with van der Waals surface area (Å²) in [5.41, 5.74) is 8.25. The summed E-state index contributed by atoms with van der Waals surface area (Å²) in [5, 5.41) is 7.98. The van der Waals surface area contributed by atoms with Crippen LogP contribution in [0.3, 0.4) is 0 Å². The van der Waals surface area contributed by atoms with Gasteiger partial charge in [-0.25, -0.2) is 4.79 Å². The molecule has 12 heteroatoms. The minimum Gasteiger partial charge on any atom is -0.493 e. The van der Waals surface area contributed by atoms with E-state index in [4.69, 9.17) is 29.3 Å². The van der Waals surface area contributed by atoms with Crippen molar-refractivity contribution in [1.29, 1.82) is 0 Å². The van der Waals surface area contributed by atoms with Crippen molar-refractivity contribution in [3.05, 3.63) is 42.7 Å². The molecule has 3 amide bonds. The number of anilines is 1. The number of aromatic nitrogens is 1. The first-order valence-corrected chi connectivity index (χ1v) is 10.7. The third kappa shape index (κ3) is 6.37. The Morgan fingerprint density at radius 2 is 1.72 bits per heavy atom. The van der Waals surface area contributed by atoms with Gasteiger partial charge in [-0.3, -0.25) is 9.63 Å². The summed E-state index contributed by atoms with van der Waals surface area (Å²) in [5.74, 6) is 0.988. The van der Waals surface area contributed by atoms with Crippen LogP contribution in [-0.4, -0.2) is 52.1 Å². The quantitative estimate of drug-likeness (QED) is 0.287. The number of methoxy groups -OCH3 is 3. The number of amides is 3. The summed E-state index contributed by atoms with van der Waals surface area (Å²) in [6.07, 6.45) is 2.12. The first-order chi connectivity index (χ1) is 16.9. The highest BCUT2D eigenvalue weighted by atomic mass is 35.5. The highest BCUT2D eigenvalue weighted by Gasteiger charge is 2.21. The molecule has 0 spiro atoms. The van der Waals surface area contributed by atoms with Crippen molar-refractivity contribution in [1.82, 2.24) is 10.5 Å². The largest absolute Gasteiger partial charge is 0.493 e. The van der Waals surface area contributed by atoms with Crippen LogP contribution in [0.1, 0.15) is 12.8 Å². The fourth-order valence-corrected chi connectivity index (χ4v) is 3.50. The van der Waals surface area contributed by atoms with Crippen molar-refractivity contribution in [2.24, 2.45) is 5.73 Å². The number of urea groups is 1. The van der Waals surface area contributed by atoms with Gasteiger partial charge in [0.15, 0.2) is 11.5 Å². The lowest BCUT2D eigenvalue weighted by Crippen LogP contribution is -2.40. The number of carbonyl (C=O) groups excluding carboxylic acids is 2. The highest BCUT2D eigenvalue weighted by molar-refractivity contribution is 5.91. The first kappa shape index (κ1) is 28.3. The summed E-state index contributed by atoms with van der Waals surface area (Å²) in [4.78, 5) is 28.8. The predicted molar refractivity (Wildman–Crippen MR) is 136 cm³/mol. The molecule has 0 aliphatic heterocycles. The Labute approximate surface area is 214 Å². The number of hydrogen-bond donors (Lipinski definition) is 2. The summed E-state index contributed by atoms with van der Waals surface area (Å²) in [6.45, 7) is 0.276. The van der Waals surface area contributed by atoms with Crippen LogP contribution < -0.4 is 30.3 Å².